The minimum atomic E-state index is 0.168. The Kier molecular flexibility index (Phi) is 6.08. The second-order valence-electron chi connectivity index (χ2n) is 8.34. The molecule has 2 heterocycles. The number of piperazine rings is 1. The van der Waals surface area contributed by atoms with E-state index in [4.69, 9.17) is 4.98 Å². The van der Waals surface area contributed by atoms with Gasteiger partial charge in [-0.05, 0) is 62.1 Å². The maximum atomic E-state index is 13.0. The third-order valence-electron chi connectivity index (χ3n) is 6.29. The summed E-state index contributed by atoms with van der Waals surface area (Å²) in [5, 5.41) is 10.4. The van der Waals surface area contributed by atoms with Crippen LogP contribution in [-0.2, 0) is 17.6 Å². The van der Waals surface area contributed by atoms with Gasteiger partial charge in [0, 0.05) is 43.2 Å². The van der Waals surface area contributed by atoms with E-state index in [9.17, 15) is 9.90 Å². The van der Waals surface area contributed by atoms with Crippen molar-refractivity contribution in [2.24, 2.45) is 0 Å². The molecule has 2 aliphatic rings. The summed E-state index contributed by atoms with van der Waals surface area (Å²) in [6.07, 6.45) is 4.45. The topological polar surface area (TPSA) is 61.6 Å². The number of phenols is 1. The molecule has 6 nitrogen and oxygen atoms in total. The molecule has 0 bridgehead atoms. The molecule has 0 radical (unpaired) electrons. The van der Waals surface area contributed by atoms with Crippen molar-refractivity contribution in [3.8, 4) is 11.4 Å². The molecule has 1 aromatic heterocycles. The zero-order valence-electron chi connectivity index (χ0n) is 18.1. The molecule has 0 unspecified atom stereocenters. The molecule has 0 spiro atoms. The van der Waals surface area contributed by atoms with Gasteiger partial charge >= 0.3 is 0 Å². The van der Waals surface area contributed by atoms with Gasteiger partial charge in [0.15, 0.2) is 5.16 Å². The number of nitrogens with zero attached hydrogens (tertiary/aromatic N) is 4. The van der Waals surface area contributed by atoms with Gasteiger partial charge in [-0.2, -0.15) is 0 Å². The van der Waals surface area contributed by atoms with E-state index in [1.807, 2.05) is 23.1 Å². The summed E-state index contributed by atoms with van der Waals surface area (Å²) in [6, 6.07) is 17.6. The van der Waals surface area contributed by atoms with Crippen LogP contribution in [-0.4, -0.2) is 57.4 Å². The second kappa shape index (κ2) is 9.28. The summed E-state index contributed by atoms with van der Waals surface area (Å²) in [7, 11) is 0. The average molecular weight is 449 g/mol. The van der Waals surface area contributed by atoms with Crippen LogP contribution in [0.1, 0.15) is 24.2 Å². The highest BCUT2D eigenvalue weighted by atomic mass is 32.2. The molecule has 166 valence electrons. The maximum Gasteiger partial charge on any atom is 0.233 e. The maximum absolute atomic E-state index is 13.0. The number of aryl methyl sites for hydroxylation is 1. The van der Waals surface area contributed by atoms with E-state index in [1.165, 1.54) is 24.2 Å². The summed E-state index contributed by atoms with van der Waals surface area (Å²) >= 11 is 1.56. The van der Waals surface area contributed by atoms with E-state index in [0.717, 1.165) is 42.5 Å². The molecule has 1 aliphatic carbocycles. The van der Waals surface area contributed by atoms with Gasteiger partial charge in [-0.3, -0.25) is 9.36 Å². The van der Waals surface area contributed by atoms with Crippen LogP contribution in [0.3, 0.4) is 0 Å². The summed E-state index contributed by atoms with van der Waals surface area (Å²) < 4.78 is 2.26. The number of hydrogen-bond donors (Lipinski definition) is 1. The molecule has 3 aromatic rings. The van der Waals surface area contributed by atoms with Crippen LogP contribution in [0.5, 0.6) is 5.75 Å². The van der Waals surface area contributed by atoms with Gasteiger partial charge in [0.05, 0.1) is 11.4 Å². The number of benzene rings is 2. The number of rotatable bonds is 5. The molecule has 2 aromatic carbocycles. The first-order valence-corrected chi connectivity index (χ1v) is 12.3. The molecule has 1 fully saturated rings. The summed E-state index contributed by atoms with van der Waals surface area (Å²) in [6.45, 7) is 3.02. The highest BCUT2D eigenvalue weighted by molar-refractivity contribution is 7.99. The Hall–Kier alpha value is -2.93. The number of para-hydroxylation sites is 1. The number of phenolic OH excluding ortho intramolecular Hbond substituents is 1. The highest BCUT2D eigenvalue weighted by Gasteiger charge is 2.24. The number of carbonyl (C=O) groups excluding carboxylic acids is 1. The fourth-order valence-corrected chi connectivity index (χ4v) is 5.51. The van der Waals surface area contributed by atoms with E-state index in [0.29, 0.717) is 18.8 Å². The van der Waals surface area contributed by atoms with Crippen molar-refractivity contribution < 1.29 is 9.90 Å². The van der Waals surface area contributed by atoms with Gasteiger partial charge in [0.1, 0.15) is 5.75 Å². The minimum Gasteiger partial charge on any atom is -0.508 e. The number of anilines is 1. The van der Waals surface area contributed by atoms with Crippen molar-refractivity contribution in [1.29, 1.82) is 0 Å². The fraction of sp³-hybridized carbons (Fsp3) is 0.360. The zero-order chi connectivity index (χ0) is 21.9. The third-order valence-corrected chi connectivity index (χ3v) is 7.21. The van der Waals surface area contributed by atoms with Crippen LogP contribution < -0.4 is 4.90 Å². The normalized spacial score (nSPS) is 16.1. The predicted octanol–water partition coefficient (Wildman–Crippen LogP) is 3.90. The zero-order valence-corrected chi connectivity index (χ0v) is 18.9. The molecule has 1 N–H and O–H groups in total. The number of carbonyl (C=O) groups is 1. The quantitative estimate of drug-likeness (QED) is 0.600. The largest absolute Gasteiger partial charge is 0.508 e. The van der Waals surface area contributed by atoms with Crippen LogP contribution in [0.2, 0.25) is 0 Å². The molecule has 1 saturated heterocycles. The van der Waals surface area contributed by atoms with Crippen LogP contribution in [0, 0.1) is 0 Å². The lowest BCUT2D eigenvalue weighted by atomic mass is 10.0. The first-order chi connectivity index (χ1) is 15.7. The number of fused-ring (bicyclic) bond motifs is 1. The van der Waals surface area contributed by atoms with Crippen LogP contribution in [0.25, 0.3) is 5.69 Å². The van der Waals surface area contributed by atoms with Gasteiger partial charge in [-0.1, -0.05) is 30.0 Å². The molecule has 1 amide bonds. The van der Waals surface area contributed by atoms with Gasteiger partial charge in [-0.15, -0.1) is 0 Å². The third kappa shape index (κ3) is 4.35. The van der Waals surface area contributed by atoms with Crippen molar-refractivity contribution in [2.45, 2.75) is 30.8 Å². The van der Waals surface area contributed by atoms with Crippen molar-refractivity contribution in [3.63, 3.8) is 0 Å². The Balaban J connectivity index is 1.24. The first-order valence-electron chi connectivity index (χ1n) is 11.3. The SMILES string of the molecule is O=C(CSc1nc2c(n1-c1ccccc1)CCCC2)N1CCN(c2ccc(O)cc2)CC1. The molecular formula is C25H28N4O2S. The van der Waals surface area contributed by atoms with Gasteiger partial charge in [0.2, 0.25) is 5.91 Å². The number of imidazole rings is 1. The van der Waals surface area contributed by atoms with E-state index in [2.05, 4.69) is 33.7 Å². The van der Waals surface area contributed by atoms with E-state index in [-0.39, 0.29) is 11.7 Å². The Morgan fingerprint density at radius 1 is 0.906 bits per heavy atom. The Labute approximate surface area is 192 Å². The first kappa shape index (κ1) is 20.9. The molecule has 1 aliphatic heterocycles. The molecule has 7 heteroatoms. The number of aromatic nitrogens is 2. The number of amides is 1. The Bertz CT molecular complexity index is 1070. The monoisotopic (exact) mass is 448 g/mol. The van der Waals surface area contributed by atoms with Crippen molar-refractivity contribution in [3.05, 3.63) is 66.0 Å². The smallest absolute Gasteiger partial charge is 0.233 e. The van der Waals surface area contributed by atoms with E-state index < -0.39 is 0 Å². The Morgan fingerprint density at radius 2 is 1.62 bits per heavy atom. The van der Waals surface area contributed by atoms with Crippen molar-refractivity contribution >= 4 is 23.4 Å². The van der Waals surface area contributed by atoms with E-state index >= 15 is 0 Å². The molecule has 0 saturated carbocycles. The molecule has 32 heavy (non-hydrogen) atoms. The number of aromatic hydroxyl groups is 1. The number of hydrogen-bond acceptors (Lipinski definition) is 5. The average Bonchev–Trinajstić information content (AvgIpc) is 3.22. The Morgan fingerprint density at radius 3 is 2.38 bits per heavy atom. The van der Waals surface area contributed by atoms with Gasteiger partial charge in [0.25, 0.3) is 0 Å². The van der Waals surface area contributed by atoms with Crippen molar-refractivity contribution in [2.75, 3.05) is 36.8 Å². The summed E-state index contributed by atoms with van der Waals surface area (Å²) in [5.74, 6) is 0.846. The molecule has 0 atom stereocenters. The predicted molar refractivity (Wildman–Crippen MR) is 128 cm³/mol. The van der Waals surface area contributed by atoms with Crippen LogP contribution in [0.4, 0.5) is 5.69 Å². The highest BCUT2D eigenvalue weighted by Crippen LogP contribution is 2.31. The molecular weight excluding hydrogens is 420 g/mol. The lowest BCUT2D eigenvalue weighted by Gasteiger charge is -2.36. The molecule has 5 rings (SSSR count). The van der Waals surface area contributed by atoms with Crippen molar-refractivity contribution in [1.82, 2.24) is 14.5 Å². The number of thioether (sulfide) groups is 1. The lowest BCUT2D eigenvalue weighted by molar-refractivity contribution is -0.128. The summed E-state index contributed by atoms with van der Waals surface area (Å²) in [4.78, 5) is 22.1. The minimum absolute atomic E-state index is 0.168. The lowest BCUT2D eigenvalue weighted by Crippen LogP contribution is -2.49. The standard InChI is InChI=1S/C25H28N4O2S/c30-21-12-10-19(11-13-21)27-14-16-28(17-15-27)24(31)18-32-25-26-22-8-4-5-9-23(22)29(25)20-6-2-1-3-7-20/h1-3,6-7,10-13,30H,4-5,8-9,14-18H2. The second-order valence-corrected chi connectivity index (χ2v) is 9.28. The van der Waals surface area contributed by atoms with E-state index in [1.54, 1.807) is 23.9 Å². The van der Waals surface area contributed by atoms with Gasteiger partial charge in [-0.25, -0.2) is 4.98 Å². The summed E-state index contributed by atoms with van der Waals surface area (Å²) in [5.41, 5.74) is 4.71. The van der Waals surface area contributed by atoms with Crippen LogP contribution in [0.15, 0.2) is 59.8 Å². The fourth-order valence-electron chi connectivity index (χ4n) is 4.55. The van der Waals surface area contributed by atoms with Gasteiger partial charge < -0.3 is 14.9 Å². The van der Waals surface area contributed by atoms with Crippen LogP contribution >= 0.6 is 11.8 Å².